The number of carbonyl (C=O) groups excluding carboxylic acids is 1. The first-order valence-electron chi connectivity index (χ1n) is 5.59. The second kappa shape index (κ2) is 5.35. The zero-order valence-electron chi connectivity index (χ0n) is 9.20. The van der Waals surface area contributed by atoms with Gasteiger partial charge in [0.25, 0.3) is 0 Å². The van der Waals surface area contributed by atoms with Crippen molar-refractivity contribution in [2.45, 2.75) is 18.1 Å². The van der Waals surface area contributed by atoms with Crippen LogP contribution >= 0.6 is 11.8 Å². The van der Waals surface area contributed by atoms with E-state index < -0.39 is 5.60 Å². The molecule has 0 aliphatic carbocycles. The third-order valence-corrected chi connectivity index (χ3v) is 3.97. The highest BCUT2D eigenvalue weighted by Gasteiger charge is 2.33. The van der Waals surface area contributed by atoms with Crippen LogP contribution in [0.15, 0.2) is 0 Å². The van der Waals surface area contributed by atoms with Gasteiger partial charge >= 0.3 is 0 Å². The Bertz CT molecular complexity index is 250. The monoisotopic (exact) mass is 246 g/mol. The first kappa shape index (κ1) is 12.2. The predicted octanol–water partition coefficient (Wildman–Crippen LogP) is -1.04. The highest BCUT2D eigenvalue weighted by molar-refractivity contribution is 7.99. The minimum absolute atomic E-state index is 0.0208. The van der Waals surface area contributed by atoms with Crippen LogP contribution in [0.2, 0.25) is 0 Å². The average molecular weight is 246 g/mol. The fourth-order valence-electron chi connectivity index (χ4n) is 1.84. The summed E-state index contributed by atoms with van der Waals surface area (Å²) in [5.74, 6) is 1.84. The molecule has 2 atom stereocenters. The molecule has 0 aromatic rings. The van der Waals surface area contributed by atoms with E-state index in [-0.39, 0.29) is 18.5 Å². The number of nitrogens with one attached hydrogen (secondary N) is 2. The molecule has 0 bridgehead atoms. The van der Waals surface area contributed by atoms with Crippen LogP contribution in [0.5, 0.6) is 0 Å². The Morgan fingerprint density at radius 2 is 2.56 bits per heavy atom. The Kier molecular flexibility index (Phi) is 4.07. The van der Waals surface area contributed by atoms with E-state index in [2.05, 4.69) is 10.6 Å². The molecule has 2 heterocycles. The molecule has 0 spiro atoms. The number of carbonyl (C=O) groups is 1. The summed E-state index contributed by atoms with van der Waals surface area (Å²) in [6, 6.07) is -0.121. The maximum Gasteiger partial charge on any atom is 0.238 e. The fraction of sp³-hybridized carbons (Fsp3) is 0.900. The molecule has 0 aromatic heterocycles. The Hall–Kier alpha value is -0.300. The fourth-order valence-corrected chi connectivity index (χ4v) is 2.78. The topological polar surface area (TPSA) is 70.6 Å². The summed E-state index contributed by atoms with van der Waals surface area (Å²) in [5, 5.41) is 15.9. The molecule has 0 aromatic carbocycles. The van der Waals surface area contributed by atoms with E-state index in [1.54, 1.807) is 11.8 Å². The molecule has 92 valence electrons. The zero-order valence-corrected chi connectivity index (χ0v) is 10.0. The number of amides is 1. The molecule has 5 nitrogen and oxygen atoms in total. The average Bonchev–Trinajstić information content (AvgIpc) is 2.75. The largest absolute Gasteiger partial charge is 0.386 e. The van der Waals surface area contributed by atoms with Gasteiger partial charge in [0, 0.05) is 37.6 Å². The van der Waals surface area contributed by atoms with Gasteiger partial charge in [-0.25, -0.2) is 0 Å². The first-order valence-corrected chi connectivity index (χ1v) is 6.74. The Labute approximate surface area is 99.3 Å². The number of rotatable bonds is 3. The molecule has 2 fully saturated rings. The minimum Gasteiger partial charge on any atom is -0.386 e. The molecule has 3 N–H and O–H groups in total. The van der Waals surface area contributed by atoms with Crippen molar-refractivity contribution < 1.29 is 14.6 Å². The summed E-state index contributed by atoms with van der Waals surface area (Å²) in [6.45, 7) is 2.05. The number of ether oxygens (including phenoxy) is 1. The number of hydrogen-bond donors (Lipinski definition) is 3. The highest BCUT2D eigenvalue weighted by Crippen LogP contribution is 2.17. The van der Waals surface area contributed by atoms with Gasteiger partial charge in [-0.15, -0.1) is 0 Å². The molecule has 2 aliphatic heterocycles. The maximum absolute atomic E-state index is 11.8. The van der Waals surface area contributed by atoms with E-state index in [1.165, 1.54) is 0 Å². The SMILES string of the molecule is O=C(NCC1(O)CCOC1)C1CSCCN1. The second-order valence-corrected chi connectivity index (χ2v) is 5.48. The summed E-state index contributed by atoms with van der Waals surface area (Å²) in [7, 11) is 0. The first-order chi connectivity index (χ1) is 7.70. The summed E-state index contributed by atoms with van der Waals surface area (Å²) < 4.78 is 5.12. The zero-order chi connectivity index (χ0) is 11.4. The Morgan fingerprint density at radius 1 is 1.69 bits per heavy atom. The molecule has 0 radical (unpaired) electrons. The molecular weight excluding hydrogens is 228 g/mol. The van der Waals surface area contributed by atoms with Crippen molar-refractivity contribution in [3.8, 4) is 0 Å². The summed E-state index contributed by atoms with van der Waals surface area (Å²) >= 11 is 1.78. The van der Waals surface area contributed by atoms with Crippen LogP contribution in [0, 0.1) is 0 Å². The molecule has 2 unspecified atom stereocenters. The predicted molar refractivity (Wildman–Crippen MR) is 62.5 cm³/mol. The molecule has 6 heteroatoms. The van der Waals surface area contributed by atoms with E-state index in [9.17, 15) is 9.90 Å². The van der Waals surface area contributed by atoms with Crippen LogP contribution < -0.4 is 10.6 Å². The van der Waals surface area contributed by atoms with Crippen LogP contribution in [-0.2, 0) is 9.53 Å². The summed E-state index contributed by atoms with van der Waals surface area (Å²) in [5.41, 5.74) is -0.864. The normalized spacial score (nSPS) is 34.9. The van der Waals surface area contributed by atoms with Gasteiger partial charge in [0.05, 0.1) is 12.6 Å². The molecule has 16 heavy (non-hydrogen) atoms. The lowest BCUT2D eigenvalue weighted by Crippen LogP contribution is -2.52. The van der Waals surface area contributed by atoms with Gasteiger partial charge in [-0.3, -0.25) is 4.79 Å². The van der Waals surface area contributed by atoms with Crippen molar-refractivity contribution in [2.24, 2.45) is 0 Å². The van der Waals surface area contributed by atoms with Gasteiger partial charge in [-0.05, 0) is 0 Å². The van der Waals surface area contributed by atoms with E-state index in [1.807, 2.05) is 0 Å². The van der Waals surface area contributed by atoms with E-state index in [4.69, 9.17) is 4.74 Å². The van der Waals surface area contributed by atoms with Crippen molar-refractivity contribution in [1.29, 1.82) is 0 Å². The van der Waals surface area contributed by atoms with Crippen molar-refractivity contribution in [1.82, 2.24) is 10.6 Å². The minimum atomic E-state index is -0.864. The van der Waals surface area contributed by atoms with Gasteiger partial charge in [-0.1, -0.05) is 0 Å². The maximum atomic E-state index is 11.8. The van der Waals surface area contributed by atoms with Crippen LogP contribution in [-0.4, -0.2) is 60.5 Å². The van der Waals surface area contributed by atoms with Crippen molar-refractivity contribution in [2.75, 3.05) is 37.8 Å². The molecule has 1 amide bonds. The standard InChI is InChI=1S/C10H18N2O3S/c13-9(8-5-16-4-2-11-8)12-6-10(14)1-3-15-7-10/h8,11,14H,1-7H2,(H,12,13). The van der Waals surface area contributed by atoms with Crippen LogP contribution in [0.4, 0.5) is 0 Å². The number of thioether (sulfide) groups is 1. The third-order valence-electron chi connectivity index (χ3n) is 2.91. The molecule has 2 aliphatic rings. The van der Waals surface area contributed by atoms with Crippen LogP contribution in [0.25, 0.3) is 0 Å². The van der Waals surface area contributed by atoms with E-state index in [0.717, 1.165) is 18.1 Å². The van der Waals surface area contributed by atoms with Gasteiger partial charge in [-0.2, -0.15) is 11.8 Å². The highest BCUT2D eigenvalue weighted by atomic mass is 32.2. The molecule has 0 saturated carbocycles. The van der Waals surface area contributed by atoms with Crippen molar-refractivity contribution in [3.05, 3.63) is 0 Å². The molecular formula is C10H18N2O3S. The number of aliphatic hydroxyl groups is 1. The van der Waals surface area contributed by atoms with Crippen molar-refractivity contribution >= 4 is 17.7 Å². The van der Waals surface area contributed by atoms with E-state index in [0.29, 0.717) is 19.6 Å². The Balaban J connectivity index is 1.74. The lowest BCUT2D eigenvalue weighted by Gasteiger charge is -2.25. The second-order valence-electron chi connectivity index (χ2n) is 4.33. The number of hydrogen-bond acceptors (Lipinski definition) is 5. The van der Waals surface area contributed by atoms with Crippen LogP contribution in [0.3, 0.4) is 0 Å². The lowest BCUT2D eigenvalue weighted by molar-refractivity contribution is -0.123. The lowest BCUT2D eigenvalue weighted by atomic mass is 10.0. The molecule has 2 rings (SSSR count). The smallest absolute Gasteiger partial charge is 0.238 e. The van der Waals surface area contributed by atoms with Gasteiger partial charge < -0.3 is 20.5 Å². The quantitative estimate of drug-likeness (QED) is 0.593. The van der Waals surface area contributed by atoms with Crippen LogP contribution in [0.1, 0.15) is 6.42 Å². The third kappa shape index (κ3) is 3.10. The summed E-state index contributed by atoms with van der Waals surface area (Å²) in [6.07, 6.45) is 0.597. The van der Waals surface area contributed by atoms with Crippen molar-refractivity contribution in [3.63, 3.8) is 0 Å². The molecule has 2 saturated heterocycles. The van der Waals surface area contributed by atoms with E-state index >= 15 is 0 Å². The van der Waals surface area contributed by atoms with Gasteiger partial charge in [0.15, 0.2) is 0 Å². The summed E-state index contributed by atoms with van der Waals surface area (Å²) in [4.78, 5) is 11.8. The Morgan fingerprint density at radius 3 is 3.19 bits per heavy atom. The van der Waals surface area contributed by atoms with Gasteiger partial charge in [0.2, 0.25) is 5.91 Å². The van der Waals surface area contributed by atoms with Gasteiger partial charge in [0.1, 0.15) is 5.60 Å².